The van der Waals surface area contributed by atoms with Crippen LogP contribution in [0.5, 0.6) is 11.5 Å². The Bertz CT molecular complexity index is 944. The van der Waals surface area contributed by atoms with Gasteiger partial charge in [0.15, 0.2) is 11.0 Å². The number of ether oxygens (including phenoxy) is 2. The Labute approximate surface area is 166 Å². The van der Waals surface area contributed by atoms with Gasteiger partial charge in [-0.3, -0.25) is 9.36 Å². The van der Waals surface area contributed by atoms with Crippen LogP contribution in [0, 0.1) is 5.82 Å². The molecular formula is C20H20FN3O3S. The third kappa shape index (κ3) is 4.89. The summed E-state index contributed by atoms with van der Waals surface area (Å²) in [4.78, 5) is 11.2. The second-order valence-electron chi connectivity index (χ2n) is 5.95. The molecule has 1 aromatic heterocycles. The monoisotopic (exact) mass is 401 g/mol. The van der Waals surface area contributed by atoms with E-state index >= 15 is 0 Å². The highest BCUT2D eigenvalue weighted by atomic mass is 32.2. The van der Waals surface area contributed by atoms with Crippen LogP contribution in [0.2, 0.25) is 0 Å². The van der Waals surface area contributed by atoms with Crippen LogP contribution < -0.4 is 9.47 Å². The van der Waals surface area contributed by atoms with Gasteiger partial charge in [0.2, 0.25) is 0 Å². The lowest BCUT2D eigenvalue weighted by atomic mass is 10.3. The number of rotatable bonds is 9. The van der Waals surface area contributed by atoms with Crippen LogP contribution in [-0.2, 0) is 11.4 Å². The number of carbonyl (C=O) groups is 1. The zero-order valence-electron chi connectivity index (χ0n) is 15.6. The van der Waals surface area contributed by atoms with Crippen molar-refractivity contribution >= 4 is 17.5 Å². The number of hydrogen-bond acceptors (Lipinski definition) is 6. The van der Waals surface area contributed by atoms with Gasteiger partial charge in [-0.15, -0.1) is 10.2 Å². The third-order valence-electron chi connectivity index (χ3n) is 3.91. The molecule has 6 nitrogen and oxygen atoms in total. The Morgan fingerprint density at radius 3 is 2.50 bits per heavy atom. The SMILES string of the molecule is COc1ccc(OCc2nnc(SCCC(C)=O)n2-c2ccccc2F)cc1. The minimum atomic E-state index is -0.388. The number of ketones is 1. The average molecular weight is 401 g/mol. The van der Waals surface area contributed by atoms with Crippen molar-refractivity contribution in [3.8, 4) is 17.2 Å². The maximum Gasteiger partial charge on any atom is 0.196 e. The van der Waals surface area contributed by atoms with Crippen molar-refractivity contribution in [3.63, 3.8) is 0 Å². The minimum Gasteiger partial charge on any atom is -0.497 e. The molecule has 0 amide bonds. The standard InChI is InChI=1S/C20H20FN3O3S/c1-14(25)11-12-28-20-23-22-19(24(20)18-6-4-3-5-17(18)21)13-27-16-9-7-15(26-2)8-10-16/h3-10H,11-13H2,1-2H3. The molecule has 0 aliphatic rings. The molecular weight excluding hydrogens is 381 g/mol. The third-order valence-corrected chi connectivity index (χ3v) is 4.84. The number of halogens is 1. The number of para-hydroxylation sites is 1. The molecule has 0 saturated heterocycles. The number of thioether (sulfide) groups is 1. The van der Waals surface area contributed by atoms with E-state index in [1.807, 2.05) is 0 Å². The van der Waals surface area contributed by atoms with E-state index in [0.717, 1.165) is 5.75 Å². The molecule has 3 aromatic rings. The molecule has 0 fully saturated rings. The van der Waals surface area contributed by atoms with Gasteiger partial charge in [-0.1, -0.05) is 23.9 Å². The van der Waals surface area contributed by atoms with Crippen LogP contribution in [-0.4, -0.2) is 33.4 Å². The minimum absolute atomic E-state index is 0.0903. The predicted molar refractivity (Wildman–Crippen MR) is 105 cm³/mol. The second-order valence-corrected chi connectivity index (χ2v) is 7.01. The molecule has 0 bridgehead atoms. The van der Waals surface area contributed by atoms with Crippen LogP contribution in [0.4, 0.5) is 4.39 Å². The maximum absolute atomic E-state index is 14.4. The molecule has 3 rings (SSSR count). The summed E-state index contributed by atoms with van der Waals surface area (Å²) < 4.78 is 27.0. The Morgan fingerprint density at radius 1 is 1.11 bits per heavy atom. The van der Waals surface area contributed by atoms with Gasteiger partial charge in [0.25, 0.3) is 0 Å². The fourth-order valence-corrected chi connectivity index (χ4v) is 3.47. The number of nitrogens with zero attached hydrogens (tertiary/aromatic N) is 3. The van der Waals surface area contributed by atoms with Crippen LogP contribution >= 0.6 is 11.8 Å². The summed E-state index contributed by atoms with van der Waals surface area (Å²) in [6.07, 6.45) is 0.409. The van der Waals surface area contributed by atoms with Gasteiger partial charge in [-0.2, -0.15) is 0 Å². The summed E-state index contributed by atoms with van der Waals surface area (Å²) in [7, 11) is 1.60. The highest BCUT2D eigenvalue weighted by Gasteiger charge is 2.18. The summed E-state index contributed by atoms with van der Waals surface area (Å²) in [5.74, 6) is 2.07. The Hall–Kier alpha value is -2.87. The molecule has 0 radical (unpaired) electrons. The highest BCUT2D eigenvalue weighted by molar-refractivity contribution is 7.99. The molecule has 0 unspecified atom stereocenters. The number of aromatic nitrogens is 3. The zero-order chi connectivity index (χ0) is 19.9. The van der Waals surface area contributed by atoms with Crippen LogP contribution in [0.3, 0.4) is 0 Å². The molecule has 2 aromatic carbocycles. The van der Waals surface area contributed by atoms with Crippen LogP contribution in [0.1, 0.15) is 19.2 Å². The predicted octanol–water partition coefficient (Wildman–Crippen LogP) is 4.07. The zero-order valence-corrected chi connectivity index (χ0v) is 16.4. The topological polar surface area (TPSA) is 66.2 Å². The van der Waals surface area contributed by atoms with E-state index < -0.39 is 0 Å². The van der Waals surface area contributed by atoms with E-state index in [0.29, 0.717) is 34.6 Å². The van der Waals surface area contributed by atoms with Gasteiger partial charge < -0.3 is 9.47 Å². The lowest BCUT2D eigenvalue weighted by Gasteiger charge is -2.12. The number of hydrogen-bond donors (Lipinski definition) is 0. The molecule has 28 heavy (non-hydrogen) atoms. The van der Waals surface area contributed by atoms with Gasteiger partial charge in [0, 0.05) is 12.2 Å². The Balaban J connectivity index is 1.84. The van der Waals surface area contributed by atoms with Crippen molar-refractivity contribution in [1.82, 2.24) is 14.8 Å². The molecule has 0 aliphatic carbocycles. The van der Waals surface area contributed by atoms with Crippen molar-refractivity contribution in [3.05, 3.63) is 60.2 Å². The van der Waals surface area contributed by atoms with Gasteiger partial charge in [0.1, 0.15) is 29.7 Å². The van der Waals surface area contributed by atoms with Gasteiger partial charge >= 0.3 is 0 Å². The summed E-state index contributed by atoms with van der Waals surface area (Å²) in [6, 6.07) is 13.6. The molecule has 0 saturated carbocycles. The van der Waals surface area contributed by atoms with E-state index in [-0.39, 0.29) is 18.2 Å². The fourth-order valence-electron chi connectivity index (χ4n) is 2.47. The number of Topliss-reactive ketones (excluding diaryl/α,β-unsaturated/α-hetero) is 1. The molecule has 0 spiro atoms. The molecule has 0 aliphatic heterocycles. The molecule has 146 valence electrons. The molecule has 0 atom stereocenters. The Morgan fingerprint density at radius 2 is 1.82 bits per heavy atom. The van der Waals surface area contributed by atoms with E-state index in [9.17, 15) is 9.18 Å². The first kappa shape index (κ1) is 19.9. The number of methoxy groups -OCH3 is 1. The first-order valence-corrected chi connectivity index (χ1v) is 9.65. The van der Waals surface area contributed by atoms with Crippen molar-refractivity contribution in [2.75, 3.05) is 12.9 Å². The first-order valence-electron chi connectivity index (χ1n) is 8.66. The summed E-state index contributed by atoms with van der Waals surface area (Å²) in [5.41, 5.74) is 0.339. The quantitative estimate of drug-likeness (QED) is 0.504. The largest absolute Gasteiger partial charge is 0.497 e. The number of benzene rings is 2. The van der Waals surface area contributed by atoms with E-state index in [1.165, 1.54) is 24.8 Å². The lowest BCUT2D eigenvalue weighted by Crippen LogP contribution is -2.08. The summed E-state index contributed by atoms with van der Waals surface area (Å²) in [5, 5.41) is 8.85. The first-order chi connectivity index (χ1) is 13.6. The van der Waals surface area contributed by atoms with Gasteiger partial charge in [-0.05, 0) is 43.3 Å². The van der Waals surface area contributed by atoms with Gasteiger partial charge in [0.05, 0.1) is 12.8 Å². The van der Waals surface area contributed by atoms with Crippen molar-refractivity contribution in [2.24, 2.45) is 0 Å². The normalized spacial score (nSPS) is 10.7. The molecule has 0 N–H and O–H groups in total. The molecule has 8 heteroatoms. The smallest absolute Gasteiger partial charge is 0.196 e. The van der Waals surface area contributed by atoms with Crippen molar-refractivity contribution in [1.29, 1.82) is 0 Å². The van der Waals surface area contributed by atoms with Crippen LogP contribution in [0.15, 0.2) is 53.7 Å². The van der Waals surface area contributed by atoms with Crippen molar-refractivity contribution in [2.45, 2.75) is 25.1 Å². The van der Waals surface area contributed by atoms with E-state index in [2.05, 4.69) is 10.2 Å². The Kier molecular flexibility index (Phi) is 6.65. The fraction of sp³-hybridized carbons (Fsp3) is 0.250. The van der Waals surface area contributed by atoms with Crippen molar-refractivity contribution < 1.29 is 18.7 Å². The number of carbonyl (C=O) groups excluding carboxylic acids is 1. The van der Waals surface area contributed by atoms with E-state index in [4.69, 9.17) is 9.47 Å². The average Bonchev–Trinajstić information content (AvgIpc) is 3.09. The second kappa shape index (κ2) is 9.36. The van der Waals surface area contributed by atoms with Crippen LogP contribution in [0.25, 0.3) is 5.69 Å². The highest BCUT2D eigenvalue weighted by Crippen LogP contribution is 2.25. The maximum atomic E-state index is 14.4. The van der Waals surface area contributed by atoms with E-state index in [1.54, 1.807) is 54.1 Å². The summed E-state index contributed by atoms with van der Waals surface area (Å²) in [6.45, 7) is 1.65. The molecule has 1 heterocycles. The summed E-state index contributed by atoms with van der Waals surface area (Å²) >= 11 is 1.36. The lowest BCUT2D eigenvalue weighted by molar-refractivity contribution is -0.116. The van der Waals surface area contributed by atoms with Gasteiger partial charge in [-0.25, -0.2) is 4.39 Å².